The molecule has 2 heterocycles. The Morgan fingerprint density at radius 2 is 1.95 bits per heavy atom. The summed E-state index contributed by atoms with van der Waals surface area (Å²) >= 11 is 0. The molecule has 1 saturated heterocycles. The average Bonchev–Trinajstić information content (AvgIpc) is 2.52. The van der Waals surface area contributed by atoms with Gasteiger partial charge in [-0.25, -0.2) is 0 Å². The van der Waals surface area contributed by atoms with Crippen LogP contribution in [0.2, 0.25) is 0 Å². The van der Waals surface area contributed by atoms with Gasteiger partial charge in [-0.05, 0) is 32.0 Å². The van der Waals surface area contributed by atoms with E-state index in [9.17, 15) is 0 Å². The number of methoxy groups -OCH3 is 1. The zero-order valence-corrected chi connectivity index (χ0v) is 12.4. The van der Waals surface area contributed by atoms with Crippen LogP contribution in [0.25, 0.3) is 0 Å². The van der Waals surface area contributed by atoms with Crippen molar-refractivity contribution in [3.8, 4) is 5.88 Å². The van der Waals surface area contributed by atoms with Gasteiger partial charge >= 0.3 is 0 Å². The summed E-state index contributed by atoms with van der Waals surface area (Å²) in [6.07, 6.45) is 3.65. The Bertz CT molecular complexity index is 391. The van der Waals surface area contributed by atoms with E-state index in [-0.39, 0.29) is 0 Å². The topological polar surface area (TPSA) is 54.6 Å². The summed E-state index contributed by atoms with van der Waals surface area (Å²) in [5.74, 6) is 1.71. The molecule has 1 fully saturated rings. The van der Waals surface area contributed by atoms with Gasteiger partial charge in [-0.3, -0.25) is 4.90 Å². The van der Waals surface area contributed by atoms with Gasteiger partial charge in [-0.2, -0.15) is 4.98 Å². The lowest BCUT2D eigenvalue weighted by molar-refractivity contribution is 0.251. The summed E-state index contributed by atoms with van der Waals surface area (Å²) in [4.78, 5) is 9.36. The van der Waals surface area contributed by atoms with Gasteiger partial charge in [0.1, 0.15) is 5.82 Å². The van der Waals surface area contributed by atoms with E-state index in [1.165, 1.54) is 19.4 Å². The highest BCUT2D eigenvalue weighted by Crippen LogP contribution is 2.17. The molecule has 0 aliphatic carbocycles. The van der Waals surface area contributed by atoms with E-state index in [0.717, 1.165) is 45.0 Å². The third kappa shape index (κ3) is 4.35. The number of aromatic nitrogens is 1. The first kappa shape index (κ1) is 15.1. The SMILES string of the molecule is COc1cccc(N2CCN(CCCCCN)CC2)n1. The van der Waals surface area contributed by atoms with Crippen molar-refractivity contribution in [1.29, 1.82) is 0 Å². The zero-order chi connectivity index (χ0) is 14.2. The Labute approximate surface area is 121 Å². The Kier molecular flexibility index (Phi) is 6.08. The predicted molar refractivity (Wildman–Crippen MR) is 82.3 cm³/mol. The second kappa shape index (κ2) is 8.07. The fourth-order valence-corrected chi connectivity index (χ4v) is 2.55. The summed E-state index contributed by atoms with van der Waals surface area (Å²) < 4.78 is 5.18. The minimum absolute atomic E-state index is 0.687. The first-order valence-corrected chi connectivity index (χ1v) is 7.52. The minimum atomic E-state index is 0.687. The summed E-state index contributed by atoms with van der Waals surface area (Å²) in [5, 5.41) is 0. The number of piperazine rings is 1. The lowest BCUT2D eigenvalue weighted by Crippen LogP contribution is -2.46. The van der Waals surface area contributed by atoms with Gasteiger partial charge in [0.2, 0.25) is 5.88 Å². The highest BCUT2D eigenvalue weighted by Gasteiger charge is 2.17. The first-order chi connectivity index (χ1) is 9.83. The molecule has 0 spiro atoms. The first-order valence-electron chi connectivity index (χ1n) is 7.52. The second-order valence-electron chi connectivity index (χ2n) is 5.22. The second-order valence-corrected chi connectivity index (χ2v) is 5.22. The van der Waals surface area contributed by atoms with Crippen LogP contribution in [0, 0.1) is 0 Å². The molecule has 0 radical (unpaired) electrons. The number of nitrogens with zero attached hydrogens (tertiary/aromatic N) is 3. The molecule has 2 N–H and O–H groups in total. The number of unbranched alkanes of at least 4 members (excludes halogenated alkanes) is 2. The highest BCUT2D eigenvalue weighted by molar-refractivity contribution is 5.41. The van der Waals surface area contributed by atoms with Gasteiger partial charge in [0.15, 0.2) is 0 Å². The molecule has 1 aromatic heterocycles. The molecule has 0 bridgehead atoms. The van der Waals surface area contributed by atoms with Crippen LogP contribution in [0.3, 0.4) is 0 Å². The van der Waals surface area contributed by atoms with E-state index in [2.05, 4.69) is 20.9 Å². The maximum absolute atomic E-state index is 5.52. The Morgan fingerprint density at radius 1 is 1.15 bits per heavy atom. The van der Waals surface area contributed by atoms with Crippen molar-refractivity contribution < 1.29 is 4.74 Å². The minimum Gasteiger partial charge on any atom is -0.481 e. The number of rotatable bonds is 7. The van der Waals surface area contributed by atoms with Crippen molar-refractivity contribution in [1.82, 2.24) is 9.88 Å². The predicted octanol–water partition coefficient (Wildman–Crippen LogP) is 1.34. The maximum Gasteiger partial charge on any atom is 0.214 e. The van der Waals surface area contributed by atoms with Crippen molar-refractivity contribution in [3.05, 3.63) is 18.2 Å². The molecule has 0 unspecified atom stereocenters. The number of hydrogen-bond donors (Lipinski definition) is 1. The third-order valence-corrected chi connectivity index (χ3v) is 3.79. The van der Waals surface area contributed by atoms with Crippen LogP contribution < -0.4 is 15.4 Å². The van der Waals surface area contributed by atoms with Crippen LogP contribution in [0.1, 0.15) is 19.3 Å². The molecule has 0 saturated carbocycles. The molecule has 20 heavy (non-hydrogen) atoms. The molecule has 5 nitrogen and oxygen atoms in total. The van der Waals surface area contributed by atoms with E-state index in [1.807, 2.05) is 12.1 Å². The Balaban J connectivity index is 1.76. The average molecular weight is 278 g/mol. The van der Waals surface area contributed by atoms with E-state index in [0.29, 0.717) is 5.88 Å². The lowest BCUT2D eigenvalue weighted by atomic mass is 10.2. The number of hydrogen-bond acceptors (Lipinski definition) is 5. The molecule has 1 aromatic rings. The van der Waals surface area contributed by atoms with Crippen LogP contribution in [0.5, 0.6) is 5.88 Å². The van der Waals surface area contributed by atoms with E-state index in [1.54, 1.807) is 7.11 Å². The van der Waals surface area contributed by atoms with Gasteiger partial charge in [-0.15, -0.1) is 0 Å². The highest BCUT2D eigenvalue weighted by atomic mass is 16.5. The van der Waals surface area contributed by atoms with Gasteiger partial charge in [0.25, 0.3) is 0 Å². The van der Waals surface area contributed by atoms with Crippen molar-refractivity contribution in [2.45, 2.75) is 19.3 Å². The molecule has 5 heteroatoms. The number of ether oxygens (including phenoxy) is 1. The maximum atomic E-state index is 5.52. The Morgan fingerprint density at radius 3 is 2.65 bits per heavy atom. The monoisotopic (exact) mass is 278 g/mol. The van der Waals surface area contributed by atoms with Crippen LogP contribution >= 0.6 is 0 Å². The van der Waals surface area contributed by atoms with Gasteiger partial charge in [0, 0.05) is 32.2 Å². The van der Waals surface area contributed by atoms with Crippen molar-refractivity contribution in [2.75, 3.05) is 51.3 Å². The molecule has 0 aromatic carbocycles. The normalized spacial score (nSPS) is 16.4. The van der Waals surface area contributed by atoms with Gasteiger partial charge in [0.05, 0.1) is 7.11 Å². The summed E-state index contributed by atoms with van der Waals surface area (Å²) in [6, 6.07) is 5.94. The van der Waals surface area contributed by atoms with E-state index in [4.69, 9.17) is 10.5 Å². The molecule has 0 amide bonds. The largest absolute Gasteiger partial charge is 0.481 e. The zero-order valence-electron chi connectivity index (χ0n) is 12.4. The van der Waals surface area contributed by atoms with Crippen molar-refractivity contribution >= 4 is 5.82 Å². The molecule has 0 atom stereocenters. The number of pyridine rings is 1. The van der Waals surface area contributed by atoms with Crippen LogP contribution in [-0.2, 0) is 0 Å². The van der Waals surface area contributed by atoms with Crippen molar-refractivity contribution in [2.24, 2.45) is 5.73 Å². The van der Waals surface area contributed by atoms with Crippen molar-refractivity contribution in [3.63, 3.8) is 0 Å². The van der Waals surface area contributed by atoms with Gasteiger partial charge < -0.3 is 15.4 Å². The molecular weight excluding hydrogens is 252 g/mol. The van der Waals surface area contributed by atoms with Crippen LogP contribution in [0.4, 0.5) is 5.82 Å². The smallest absolute Gasteiger partial charge is 0.214 e. The van der Waals surface area contributed by atoms with Gasteiger partial charge in [-0.1, -0.05) is 12.5 Å². The standard InChI is InChI=1S/C15H26N4O/c1-20-15-7-5-6-14(17-15)19-12-10-18(11-13-19)9-4-2-3-8-16/h5-7H,2-4,8-13,16H2,1H3. The molecular formula is C15H26N4O. The fourth-order valence-electron chi connectivity index (χ4n) is 2.55. The summed E-state index contributed by atoms with van der Waals surface area (Å²) in [7, 11) is 1.66. The quantitative estimate of drug-likeness (QED) is 0.763. The third-order valence-electron chi connectivity index (χ3n) is 3.79. The summed E-state index contributed by atoms with van der Waals surface area (Å²) in [6.45, 7) is 6.31. The molecule has 1 aliphatic heterocycles. The molecule has 1 aliphatic rings. The Hall–Kier alpha value is -1.33. The van der Waals surface area contributed by atoms with Crippen LogP contribution in [0.15, 0.2) is 18.2 Å². The number of nitrogens with two attached hydrogens (primary N) is 1. The molecule has 2 rings (SSSR count). The van der Waals surface area contributed by atoms with Crippen LogP contribution in [-0.4, -0.2) is 56.3 Å². The number of anilines is 1. The fraction of sp³-hybridized carbons (Fsp3) is 0.667. The van der Waals surface area contributed by atoms with E-state index >= 15 is 0 Å². The molecule has 112 valence electrons. The summed E-state index contributed by atoms with van der Waals surface area (Å²) in [5.41, 5.74) is 5.52. The lowest BCUT2D eigenvalue weighted by Gasteiger charge is -2.35. The van der Waals surface area contributed by atoms with E-state index < -0.39 is 0 Å².